The van der Waals surface area contributed by atoms with Crippen LogP contribution in [0.3, 0.4) is 0 Å². The molecule has 0 aliphatic carbocycles. The molecule has 4 rings (SSSR count). The molecule has 10 heteroatoms. The summed E-state index contributed by atoms with van der Waals surface area (Å²) in [4.78, 5) is 44.8. The zero-order valence-electron chi connectivity index (χ0n) is 19.1. The smallest absolute Gasteiger partial charge is 0.338 e. The number of carbonyl (C=O) groups excluding carboxylic acids is 3. The van der Waals surface area contributed by atoms with Gasteiger partial charge in [0.25, 0.3) is 5.91 Å². The van der Waals surface area contributed by atoms with Gasteiger partial charge in [0.15, 0.2) is 0 Å². The van der Waals surface area contributed by atoms with E-state index in [2.05, 4.69) is 10.2 Å². The van der Waals surface area contributed by atoms with Crippen LogP contribution in [0, 0.1) is 0 Å². The van der Waals surface area contributed by atoms with Gasteiger partial charge in [0.05, 0.1) is 23.1 Å². The molecule has 1 fully saturated rings. The maximum absolute atomic E-state index is 13.1. The fraction of sp³-hybridized carbons (Fsp3) is 0.375. The lowest BCUT2D eigenvalue weighted by Gasteiger charge is -2.39. The first-order valence-corrected chi connectivity index (χ1v) is 12.4. The summed E-state index contributed by atoms with van der Waals surface area (Å²) in [6, 6.07) is 9.83. The van der Waals surface area contributed by atoms with Crippen molar-refractivity contribution in [3.8, 4) is 0 Å². The van der Waals surface area contributed by atoms with Gasteiger partial charge in [-0.1, -0.05) is 29.8 Å². The highest BCUT2D eigenvalue weighted by Gasteiger charge is 2.38. The summed E-state index contributed by atoms with van der Waals surface area (Å²) in [5, 5.41) is 5.31. The number of amides is 3. The fourth-order valence-corrected chi connectivity index (χ4v) is 5.10. The van der Waals surface area contributed by atoms with E-state index >= 15 is 0 Å². The Kier molecular flexibility index (Phi) is 7.55. The number of benzene rings is 1. The molecule has 8 nitrogen and oxygen atoms in total. The van der Waals surface area contributed by atoms with Gasteiger partial charge < -0.3 is 15.0 Å². The number of nitrogens with zero attached hydrogens (tertiary/aromatic N) is 3. The highest BCUT2D eigenvalue weighted by atomic mass is 35.5. The van der Waals surface area contributed by atoms with E-state index in [9.17, 15) is 14.4 Å². The summed E-state index contributed by atoms with van der Waals surface area (Å²) < 4.78 is 5.38. The number of nitrogens with one attached hydrogen (secondary N) is 1. The van der Waals surface area contributed by atoms with Gasteiger partial charge in [-0.05, 0) is 36.1 Å². The number of likely N-dealkylation sites (N-methyl/N-ethyl adjacent to an activating group) is 1. The molecule has 2 aromatic rings. The third-order valence-electron chi connectivity index (χ3n) is 6.02. The zero-order valence-corrected chi connectivity index (χ0v) is 20.7. The highest BCUT2D eigenvalue weighted by molar-refractivity contribution is 7.12. The molecule has 1 aromatic heterocycles. The van der Waals surface area contributed by atoms with Crippen LogP contribution in [0.5, 0.6) is 0 Å². The van der Waals surface area contributed by atoms with Crippen molar-refractivity contribution < 1.29 is 19.1 Å². The Morgan fingerprint density at radius 3 is 2.59 bits per heavy atom. The molecule has 2 aliphatic heterocycles. The van der Waals surface area contributed by atoms with Crippen molar-refractivity contribution in [1.82, 2.24) is 20.0 Å². The fourth-order valence-electron chi connectivity index (χ4n) is 4.21. The second-order valence-corrected chi connectivity index (χ2v) is 9.51. The monoisotopic (exact) mass is 502 g/mol. The minimum atomic E-state index is -0.668. The molecule has 3 heterocycles. The van der Waals surface area contributed by atoms with Gasteiger partial charge in [0.1, 0.15) is 0 Å². The Labute approximate surface area is 207 Å². The highest BCUT2D eigenvalue weighted by Crippen LogP contribution is 2.32. The van der Waals surface area contributed by atoms with Crippen molar-refractivity contribution >= 4 is 40.8 Å². The van der Waals surface area contributed by atoms with E-state index in [4.69, 9.17) is 16.3 Å². The summed E-state index contributed by atoms with van der Waals surface area (Å²) in [5.74, 6) is -0.433. The number of rotatable bonds is 6. The van der Waals surface area contributed by atoms with Gasteiger partial charge in [-0.2, -0.15) is 0 Å². The summed E-state index contributed by atoms with van der Waals surface area (Å²) >= 11 is 7.63. The van der Waals surface area contributed by atoms with Crippen LogP contribution >= 0.6 is 22.9 Å². The third kappa shape index (κ3) is 5.11. The lowest BCUT2D eigenvalue weighted by molar-refractivity contribution is -0.139. The van der Waals surface area contributed by atoms with E-state index in [1.54, 1.807) is 32.2 Å². The Morgan fingerprint density at radius 1 is 1.18 bits per heavy atom. The molecule has 1 N–H and O–H groups in total. The van der Waals surface area contributed by atoms with Crippen molar-refractivity contribution in [3.63, 3.8) is 0 Å². The van der Waals surface area contributed by atoms with Crippen LogP contribution in [0.4, 0.5) is 4.79 Å². The molecular weight excluding hydrogens is 476 g/mol. The molecular formula is C24H27ClN4O4S. The number of piperazine rings is 1. The maximum Gasteiger partial charge on any atom is 0.338 e. The number of hydrogen-bond donors (Lipinski definition) is 1. The largest absolute Gasteiger partial charge is 0.463 e. The second kappa shape index (κ2) is 10.6. The van der Waals surface area contributed by atoms with Gasteiger partial charge in [-0.3, -0.25) is 14.6 Å². The Hall–Kier alpha value is -2.88. The molecule has 180 valence electrons. The van der Waals surface area contributed by atoms with E-state index in [-0.39, 0.29) is 18.5 Å². The Bertz CT molecular complexity index is 1100. The Morgan fingerprint density at radius 2 is 1.94 bits per heavy atom. The van der Waals surface area contributed by atoms with Gasteiger partial charge in [-0.15, -0.1) is 11.3 Å². The number of carbonyl (C=O) groups is 3. The van der Waals surface area contributed by atoms with Gasteiger partial charge in [0, 0.05) is 50.5 Å². The van der Waals surface area contributed by atoms with Gasteiger partial charge in [-0.25, -0.2) is 9.59 Å². The maximum atomic E-state index is 13.1. The molecule has 0 unspecified atom stereocenters. The molecule has 0 spiro atoms. The standard InChI is InChI=1S/C24H27ClN4O4S/c1-3-33-23(31)20-18(27(2)24(32)26-21(20)16-6-4-7-17(25)14-16)15-28-9-11-29(12-10-28)22(30)19-8-5-13-34-19/h4-8,13-14,21H,3,9-12,15H2,1-2H3,(H,26,32)/t21-/m0/s1. The molecule has 0 bridgehead atoms. The molecule has 0 saturated carbocycles. The van der Waals surface area contributed by atoms with Crippen LogP contribution in [0.25, 0.3) is 0 Å². The normalized spacial score (nSPS) is 19.3. The first-order chi connectivity index (χ1) is 16.4. The van der Waals surface area contributed by atoms with Crippen LogP contribution in [-0.4, -0.2) is 79.0 Å². The van der Waals surface area contributed by atoms with Crippen molar-refractivity contribution in [2.75, 3.05) is 46.4 Å². The summed E-state index contributed by atoms with van der Waals surface area (Å²) in [5.41, 5.74) is 1.69. The summed E-state index contributed by atoms with van der Waals surface area (Å²) in [7, 11) is 1.65. The van der Waals surface area contributed by atoms with E-state index in [1.165, 1.54) is 16.2 Å². The van der Waals surface area contributed by atoms with Gasteiger partial charge in [0.2, 0.25) is 0 Å². The van der Waals surface area contributed by atoms with Crippen LogP contribution in [0.1, 0.15) is 28.2 Å². The predicted molar refractivity (Wildman–Crippen MR) is 131 cm³/mol. The summed E-state index contributed by atoms with van der Waals surface area (Å²) in [6.45, 7) is 4.78. The number of thiophene rings is 1. The number of hydrogen-bond acceptors (Lipinski definition) is 6. The van der Waals surface area contributed by atoms with E-state index in [0.29, 0.717) is 54.6 Å². The second-order valence-electron chi connectivity index (χ2n) is 8.12. The average molecular weight is 503 g/mol. The molecule has 3 amide bonds. The third-order valence-corrected chi connectivity index (χ3v) is 7.11. The SMILES string of the molecule is CCOC(=O)C1=C(CN2CCN(C(=O)c3cccs3)CC2)N(C)C(=O)N[C@H]1c1cccc(Cl)c1. The first-order valence-electron chi connectivity index (χ1n) is 11.1. The van der Waals surface area contributed by atoms with Gasteiger partial charge >= 0.3 is 12.0 Å². The minimum absolute atomic E-state index is 0.0382. The van der Waals surface area contributed by atoms with Crippen molar-refractivity contribution in [2.45, 2.75) is 13.0 Å². The molecule has 1 atom stereocenters. The molecule has 1 saturated heterocycles. The average Bonchev–Trinajstić information content (AvgIpc) is 3.37. The van der Waals surface area contributed by atoms with E-state index < -0.39 is 12.0 Å². The first kappa shape index (κ1) is 24.3. The van der Waals surface area contributed by atoms with Crippen molar-refractivity contribution in [2.24, 2.45) is 0 Å². The topological polar surface area (TPSA) is 82.2 Å². The lowest BCUT2D eigenvalue weighted by Crippen LogP contribution is -2.53. The molecule has 34 heavy (non-hydrogen) atoms. The van der Waals surface area contributed by atoms with Crippen LogP contribution < -0.4 is 5.32 Å². The lowest BCUT2D eigenvalue weighted by atomic mass is 9.94. The number of esters is 1. The zero-order chi connectivity index (χ0) is 24.2. The number of ether oxygens (including phenoxy) is 1. The molecule has 0 radical (unpaired) electrons. The van der Waals surface area contributed by atoms with Crippen LogP contribution in [0.15, 0.2) is 53.0 Å². The number of urea groups is 1. The van der Waals surface area contributed by atoms with E-state index in [1.807, 2.05) is 28.5 Å². The molecule has 2 aliphatic rings. The van der Waals surface area contributed by atoms with Crippen LogP contribution in [0.2, 0.25) is 5.02 Å². The molecule has 1 aromatic carbocycles. The minimum Gasteiger partial charge on any atom is -0.463 e. The summed E-state index contributed by atoms with van der Waals surface area (Å²) in [6.07, 6.45) is 0. The van der Waals surface area contributed by atoms with Crippen LogP contribution in [-0.2, 0) is 9.53 Å². The van der Waals surface area contributed by atoms with Crippen molar-refractivity contribution in [1.29, 1.82) is 0 Å². The number of halogens is 1. The van der Waals surface area contributed by atoms with E-state index in [0.717, 1.165) is 4.88 Å². The predicted octanol–water partition coefficient (Wildman–Crippen LogP) is 3.37. The van der Waals surface area contributed by atoms with Crippen molar-refractivity contribution in [3.05, 3.63) is 68.5 Å². The Balaban J connectivity index is 1.58. The quantitative estimate of drug-likeness (QED) is 0.612.